The standard InChI is InChI=1S/C32H43F2N7O2/c1-4-6-24-25(40-19-23(20-40)37-13-15-39(16-14-37)27(42)5-2)17-26(36-28(24)30(33)34)38-11-9-32(10-12-38)29-22(3)18-35-41(29)31(7-8-31)21-43-32/h4-6,17,23,30,35H,2,7-16,18-21H2,1,3H3/b6-4-. The van der Waals surface area contributed by atoms with Crippen molar-refractivity contribution in [2.24, 2.45) is 0 Å². The minimum absolute atomic E-state index is 0.0238. The van der Waals surface area contributed by atoms with Crippen LogP contribution in [0.3, 0.4) is 0 Å². The number of halogens is 2. The number of fused-ring (bicyclic) bond motifs is 3. The Hall–Kier alpha value is -3.02. The van der Waals surface area contributed by atoms with Crippen molar-refractivity contribution in [3.63, 3.8) is 0 Å². The van der Waals surface area contributed by atoms with Gasteiger partial charge in [0.05, 0.1) is 17.8 Å². The molecular formula is C32H43F2N7O2. The lowest BCUT2D eigenvalue weighted by Crippen LogP contribution is -2.63. The van der Waals surface area contributed by atoms with E-state index in [-0.39, 0.29) is 22.7 Å². The van der Waals surface area contributed by atoms with E-state index in [1.807, 2.05) is 24.0 Å². The highest BCUT2D eigenvalue weighted by Gasteiger charge is 2.60. The summed E-state index contributed by atoms with van der Waals surface area (Å²) in [5, 5.41) is 2.41. The molecule has 1 saturated carbocycles. The predicted molar refractivity (Wildman–Crippen MR) is 163 cm³/mol. The molecule has 1 amide bonds. The number of hydrazine groups is 1. The Morgan fingerprint density at radius 3 is 2.47 bits per heavy atom. The van der Waals surface area contributed by atoms with Gasteiger partial charge in [0.2, 0.25) is 5.91 Å². The number of anilines is 2. The number of ether oxygens (including phenoxy) is 1. The number of hydrogen-bond donors (Lipinski definition) is 1. The van der Waals surface area contributed by atoms with Gasteiger partial charge in [-0.25, -0.2) is 19.2 Å². The van der Waals surface area contributed by atoms with E-state index in [1.54, 1.807) is 6.08 Å². The number of carbonyl (C=O) groups excluding carboxylic acids is 1. The van der Waals surface area contributed by atoms with Gasteiger partial charge in [-0.2, -0.15) is 0 Å². The molecule has 232 valence electrons. The van der Waals surface area contributed by atoms with Crippen molar-refractivity contribution in [2.75, 3.05) is 75.3 Å². The van der Waals surface area contributed by atoms with E-state index in [1.165, 1.54) is 17.3 Å². The largest absolute Gasteiger partial charge is 0.368 e. The number of amides is 1. The van der Waals surface area contributed by atoms with Gasteiger partial charge >= 0.3 is 0 Å². The van der Waals surface area contributed by atoms with Crippen LogP contribution in [0, 0.1) is 0 Å². The number of piperazine rings is 1. The fraction of sp³-hybridized carbons (Fsp3) is 0.625. The molecule has 5 fully saturated rings. The Balaban J connectivity index is 1.09. The molecule has 9 nitrogen and oxygen atoms in total. The number of allylic oxidation sites excluding steroid dienone is 1. The second-order valence-electron chi connectivity index (χ2n) is 13.0. The van der Waals surface area contributed by atoms with Crippen LogP contribution in [-0.4, -0.2) is 108 Å². The van der Waals surface area contributed by atoms with E-state index in [0.29, 0.717) is 43.6 Å². The summed E-state index contributed by atoms with van der Waals surface area (Å²) >= 11 is 0. The van der Waals surface area contributed by atoms with Crippen molar-refractivity contribution in [1.82, 2.24) is 25.2 Å². The van der Waals surface area contributed by atoms with Crippen molar-refractivity contribution < 1.29 is 18.3 Å². The molecule has 5 aliphatic heterocycles. The number of pyridine rings is 1. The summed E-state index contributed by atoms with van der Waals surface area (Å²) in [6.07, 6.45) is 6.20. The molecule has 1 N–H and O–H groups in total. The second-order valence-corrected chi connectivity index (χ2v) is 13.0. The molecule has 0 aromatic carbocycles. The van der Waals surface area contributed by atoms with Gasteiger partial charge in [0, 0.05) is 82.3 Å². The van der Waals surface area contributed by atoms with Crippen LogP contribution in [-0.2, 0) is 9.53 Å². The number of alkyl halides is 2. The quantitative estimate of drug-likeness (QED) is 0.501. The first kappa shape index (κ1) is 28.7. The van der Waals surface area contributed by atoms with Gasteiger partial charge in [-0.1, -0.05) is 18.7 Å². The Morgan fingerprint density at radius 2 is 1.84 bits per heavy atom. The molecule has 6 heterocycles. The predicted octanol–water partition coefficient (Wildman–Crippen LogP) is 3.57. The minimum Gasteiger partial charge on any atom is -0.368 e. The third-order valence-corrected chi connectivity index (χ3v) is 10.5. The van der Waals surface area contributed by atoms with Gasteiger partial charge in [0.1, 0.15) is 17.1 Å². The molecule has 0 radical (unpaired) electrons. The van der Waals surface area contributed by atoms with Crippen LogP contribution in [0.4, 0.5) is 20.3 Å². The van der Waals surface area contributed by atoms with E-state index in [0.717, 1.165) is 70.7 Å². The Kier molecular flexibility index (Phi) is 7.25. The van der Waals surface area contributed by atoms with Crippen molar-refractivity contribution in [3.05, 3.63) is 47.3 Å². The van der Waals surface area contributed by atoms with Crippen molar-refractivity contribution in [3.8, 4) is 0 Å². The molecule has 1 aromatic rings. The van der Waals surface area contributed by atoms with Gasteiger partial charge < -0.3 is 24.4 Å². The summed E-state index contributed by atoms with van der Waals surface area (Å²) < 4.78 is 35.7. The molecule has 1 aromatic heterocycles. The summed E-state index contributed by atoms with van der Waals surface area (Å²) in [6.45, 7) is 15.2. The van der Waals surface area contributed by atoms with E-state index < -0.39 is 6.43 Å². The van der Waals surface area contributed by atoms with Gasteiger partial charge in [-0.05, 0) is 51.2 Å². The number of nitrogens with zero attached hydrogens (tertiary/aromatic N) is 6. The zero-order valence-electron chi connectivity index (χ0n) is 25.3. The van der Waals surface area contributed by atoms with E-state index >= 15 is 0 Å². The first-order valence-electron chi connectivity index (χ1n) is 15.8. The average Bonchev–Trinajstić information content (AvgIpc) is 3.67. The number of nitrogens with one attached hydrogen (secondary N) is 1. The number of piperidine rings is 1. The van der Waals surface area contributed by atoms with Crippen molar-refractivity contribution in [2.45, 2.75) is 63.1 Å². The highest BCUT2D eigenvalue weighted by Crippen LogP contribution is 2.54. The number of carbonyl (C=O) groups is 1. The Labute approximate surface area is 252 Å². The molecule has 0 bridgehead atoms. The molecule has 0 atom stereocenters. The first-order chi connectivity index (χ1) is 20.8. The third kappa shape index (κ3) is 4.84. The SMILES string of the molecule is C=CC(=O)N1CCN(C2CN(c3cc(N4CCC5(CC4)OCC4(CC4)N4NCC(C)=C45)nc(C(F)F)c3/C=C\C)C2)CC1. The van der Waals surface area contributed by atoms with Gasteiger partial charge in [-0.15, -0.1) is 0 Å². The van der Waals surface area contributed by atoms with Crippen molar-refractivity contribution >= 4 is 23.5 Å². The lowest BCUT2D eigenvalue weighted by atomic mass is 9.83. The molecule has 11 heteroatoms. The number of aromatic nitrogens is 1. The number of rotatable bonds is 6. The van der Waals surface area contributed by atoms with Crippen LogP contribution in [0.1, 0.15) is 57.2 Å². The zero-order valence-corrected chi connectivity index (χ0v) is 25.3. The zero-order chi connectivity index (χ0) is 29.9. The molecule has 4 saturated heterocycles. The van der Waals surface area contributed by atoms with Crippen LogP contribution < -0.4 is 15.2 Å². The highest BCUT2D eigenvalue weighted by molar-refractivity contribution is 5.87. The fourth-order valence-corrected chi connectivity index (χ4v) is 7.74. The first-order valence-corrected chi connectivity index (χ1v) is 15.8. The monoisotopic (exact) mass is 595 g/mol. The van der Waals surface area contributed by atoms with Crippen molar-refractivity contribution in [1.29, 1.82) is 0 Å². The molecule has 43 heavy (non-hydrogen) atoms. The Morgan fingerprint density at radius 1 is 1.12 bits per heavy atom. The lowest BCUT2D eigenvalue weighted by molar-refractivity contribution is -0.128. The minimum atomic E-state index is -2.67. The second kappa shape index (κ2) is 10.9. The average molecular weight is 596 g/mol. The van der Waals surface area contributed by atoms with E-state index in [4.69, 9.17) is 4.74 Å². The van der Waals surface area contributed by atoms with Crippen LogP contribution in [0.2, 0.25) is 0 Å². The maximum Gasteiger partial charge on any atom is 0.281 e. The molecule has 7 rings (SSSR count). The van der Waals surface area contributed by atoms with Gasteiger partial charge in [0.25, 0.3) is 6.43 Å². The fourth-order valence-electron chi connectivity index (χ4n) is 7.74. The highest BCUT2D eigenvalue weighted by atomic mass is 19.3. The number of hydrogen-bond acceptors (Lipinski definition) is 8. The Bertz CT molecular complexity index is 1340. The maximum atomic E-state index is 14.5. The van der Waals surface area contributed by atoms with Crippen LogP contribution in [0.5, 0.6) is 0 Å². The van der Waals surface area contributed by atoms with Gasteiger partial charge in [0.15, 0.2) is 0 Å². The molecule has 1 aliphatic carbocycles. The van der Waals surface area contributed by atoms with Crippen LogP contribution in [0.15, 0.2) is 36.1 Å². The molecule has 6 aliphatic rings. The molecule has 2 spiro atoms. The number of morpholine rings is 1. The third-order valence-electron chi connectivity index (χ3n) is 10.5. The summed E-state index contributed by atoms with van der Waals surface area (Å²) in [4.78, 5) is 25.2. The summed E-state index contributed by atoms with van der Waals surface area (Å²) in [5.41, 5.74) is 7.23. The smallest absolute Gasteiger partial charge is 0.281 e. The summed E-state index contributed by atoms with van der Waals surface area (Å²) in [6, 6.07) is 2.35. The summed E-state index contributed by atoms with van der Waals surface area (Å²) in [7, 11) is 0. The molecular weight excluding hydrogens is 552 g/mol. The van der Waals surface area contributed by atoms with Crippen LogP contribution >= 0.6 is 0 Å². The van der Waals surface area contributed by atoms with E-state index in [2.05, 4.69) is 43.6 Å². The normalized spacial score (nSPS) is 25.3. The lowest BCUT2D eigenvalue weighted by Gasteiger charge is -2.52. The summed E-state index contributed by atoms with van der Waals surface area (Å²) in [5.74, 6) is 0.597. The maximum absolute atomic E-state index is 14.5. The van der Waals surface area contributed by atoms with Crippen LogP contribution in [0.25, 0.3) is 6.08 Å². The molecule has 0 unspecified atom stereocenters. The topological polar surface area (TPSA) is 67.4 Å². The van der Waals surface area contributed by atoms with E-state index in [9.17, 15) is 13.6 Å². The van der Waals surface area contributed by atoms with Gasteiger partial charge in [-0.3, -0.25) is 9.69 Å².